The maximum atomic E-state index is 14.0. The molecule has 8 rings (SSSR count). The average Bonchev–Trinajstić information content (AvgIpc) is 3.89. The van der Waals surface area contributed by atoms with Gasteiger partial charge in [-0.05, 0) is 67.5 Å². The van der Waals surface area contributed by atoms with E-state index in [4.69, 9.17) is 4.99 Å². The van der Waals surface area contributed by atoms with Crippen molar-refractivity contribution in [1.29, 1.82) is 0 Å². The molecular weight excluding hydrogens is 627 g/mol. The molecule has 0 bridgehead atoms. The number of rotatable bonds is 6. The van der Waals surface area contributed by atoms with Gasteiger partial charge in [-0.1, -0.05) is 36.4 Å². The number of nitrogens with zero attached hydrogens (tertiary/aromatic N) is 7. The van der Waals surface area contributed by atoms with Crippen molar-refractivity contribution in [2.75, 3.05) is 55.7 Å². The standard InChI is InChI=1S/C36H41N7O4S/c1-40-24-38-34(39-40)28-4-2-25(3-5-28)26-8-14-42(15-9-26)32(44)22-41-16-12-36(23-41)13-17-43(35(36)45)30-7-6-29-21-37-33(31(29)20-30)27-10-18-48(46,47)19-11-27/h2-8,20,24,27H,9-19,21-23H2,1H3/t36-/m0/s1. The molecule has 0 N–H and O–H groups in total. The van der Waals surface area contributed by atoms with E-state index in [0.29, 0.717) is 57.9 Å². The number of aryl methyl sites for hydroxylation is 1. The van der Waals surface area contributed by atoms with Crippen molar-refractivity contribution in [3.8, 4) is 11.4 Å². The summed E-state index contributed by atoms with van der Waals surface area (Å²) < 4.78 is 25.7. The predicted molar refractivity (Wildman–Crippen MR) is 184 cm³/mol. The van der Waals surface area contributed by atoms with Crippen LogP contribution in [-0.4, -0.2) is 101 Å². The second-order valence-corrected chi connectivity index (χ2v) is 16.4. The molecule has 3 aromatic rings. The monoisotopic (exact) mass is 667 g/mol. The second kappa shape index (κ2) is 12.1. The van der Waals surface area contributed by atoms with Crippen molar-refractivity contribution in [2.45, 2.75) is 38.6 Å². The molecule has 3 fully saturated rings. The highest BCUT2D eigenvalue weighted by Gasteiger charge is 2.51. The van der Waals surface area contributed by atoms with E-state index in [0.717, 1.165) is 59.5 Å². The van der Waals surface area contributed by atoms with Crippen LogP contribution in [0.5, 0.6) is 0 Å². The summed E-state index contributed by atoms with van der Waals surface area (Å²) >= 11 is 0. The van der Waals surface area contributed by atoms with Gasteiger partial charge in [0.2, 0.25) is 11.8 Å². The first-order valence-electron chi connectivity index (χ1n) is 17.0. The van der Waals surface area contributed by atoms with Gasteiger partial charge in [0.25, 0.3) is 0 Å². The highest BCUT2D eigenvalue weighted by molar-refractivity contribution is 7.91. The van der Waals surface area contributed by atoms with Crippen molar-refractivity contribution in [1.82, 2.24) is 24.6 Å². The first kappa shape index (κ1) is 31.1. The molecule has 0 saturated carbocycles. The van der Waals surface area contributed by atoms with E-state index in [9.17, 15) is 18.0 Å². The quantitative estimate of drug-likeness (QED) is 0.396. The number of likely N-dealkylation sites (tertiary alicyclic amines) is 1. The Hall–Kier alpha value is -4.16. The molecule has 11 nitrogen and oxygen atoms in total. The lowest BCUT2D eigenvalue weighted by Crippen LogP contribution is -2.43. The molecule has 1 aromatic heterocycles. The van der Waals surface area contributed by atoms with Crippen LogP contribution in [0, 0.1) is 11.3 Å². The van der Waals surface area contributed by atoms with Gasteiger partial charge in [0.15, 0.2) is 5.82 Å². The van der Waals surface area contributed by atoms with Crippen LogP contribution in [0.2, 0.25) is 0 Å². The normalized spacial score (nSPS) is 24.3. The minimum atomic E-state index is -2.95. The number of benzene rings is 2. The molecule has 48 heavy (non-hydrogen) atoms. The maximum absolute atomic E-state index is 14.0. The topological polar surface area (TPSA) is 121 Å². The number of carbonyl (C=O) groups excluding carboxylic acids is 2. The predicted octanol–water partition coefficient (Wildman–Crippen LogP) is 3.35. The number of hydrogen-bond acceptors (Lipinski definition) is 8. The van der Waals surface area contributed by atoms with Crippen molar-refractivity contribution in [3.63, 3.8) is 0 Å². The zero-order chi connectivity index (χ0) is 33.0. The average molecular weight is 668 g/mol. The molecule has 12 heteroatoms. The Bertz CT molecular complexity index is 1940. The minimum absolute atomic E-state index is 0.113. The Balaban J connectivity index is 0.871. The summed E-state index contributed by atoms with van der Waals surface area (Å²) in [5.74, 6) is 1.55. The number of sulfone groups is 1. The van der Waals surface area contributed by atoms with Gasteiger partial charge in [0.05, 0.1) is 30.0 Å². The van der Waals surface area contributed by atoms with E-state index in [2.05, 4.69) is 45.3 Å². The Morgan fingerprint density at radius 3 is 2.50 bits per heavy atom. The summed E-state index contributed by atoms with van der Waals surface area (Å²) in [5, 5.41) is 4.37. The molecule has 3 saturated heterocycles. The van der Waals surface area contributed by atoms with E-state index < -0.39 is 15.3 Å². The van der Waals surface area contributed by atoms with Crippen molar-refractivity contribution < 1.29 is 18.0 Å². The van der Waals surface area contributed by atoms with Gasteiger partial charge in [-0.2, -0.15) is 5.10 Å². The van der Waals surface area contributed by atoms with E-state index in [1.54, 1.807) is 11.0 Å². The van der Waals surface area contributed by atoms with E-state index >= 15 is 0 Å². The fraction of sp³-hybridized carbons (Fsp3) is 0.472. The summed E-state index contributed by atoms with van der Waals surface area (Å²) in [6.45, 7) is 4.22. The van der Waals surface area contributed by atoms with Crippen LogP contribution in [0.3, 0.4) is 0 Å². The lowest BCUT2D eigenvalue weighted by molar-refractivity contribution is -0.132. The zero-order valence-electron chi connectivity index (χ0n) is 27.3. The molecular formula is C36H41N7O4S. The van der Waals surface area contributed by atoms with Crippen LogP contribution >= 0.6 is 0 Å². The SMILES string of the molecule is Cn1cnc(-c2ccc(C3=CCN(C(=O)CN4CC[C@]5(CCN(c6ccc7c(c6)C(C6CCS(=O)(=O)CC6)=NC7)C5=O)C4)CC3)cc2)n1. The highest BCUT2D eigenvalue weighted by Crippen LogP contribution is 2.43. The van der Waals surface area contributed by atoms with Gasteiger partial charge in [-0.15, -0.1) is 0 Å². The third-order valence-corrected chi connectivity index (χ3v) is 12.7. The molecule has 250 valence electrons. The molecule has 0 aliphatic carbocycles. The molecule has 2 aromatic carbocycles. The summed E-state index contributed by atoms with van der Waals surface area (Å²) in [4.78, 5) is 42.5. The molecule has 0 unspecified atom stereocenters. The molecule has 1 atom stereocenters. The summed E-state index contributed by atoms with van der Waals surface area (Å²) in [7, 11) is -1.09. The molecule has 1 spiro atoms. The van der Waals surface area contributed by atoms with E-state index in [1.807, 2.05) is 35.0 Å². The van der Waals surface area contributed by atoms with Crippen molar-refractivity contribution >= 4 is 38.6 Å². The molecule has 5 aliphatic heterocycles. The Labute approximate surface area is 281 Å². The fourth-order valence-corrected chi connectivity index (χ4v) is 9.66. The van der Waals surface area contributed by atoms with Gasteiger partial charge < -0.3 is 9.80 Å². The number of aliphatic imine (C=N–C) groups is 1. The smallest absolute Gasteiger partial charge is 0.237 e. The Kier molecular flexibility index (Phi) is 7.82. The lowest BCUT2D eigenvalue weighted by atomic mass is 9.85. The summed E-state index contributed by atoms with van der Waals surface area (Å²) in [5.41, 5.74) is 7.03. The van der Waals surface area contributed by atoms with Crippen molar-refractivity contribution in [2.24, 2.45) is 23.4 Å². The lowest BCUT2D eigenvalue weighted by Gasteiger charge is -2.29. The zero-order valence-corrected chi connectivity index (χ0v) is 28.2. The molecule has 6 heterocycles. The first-order chi connectivity index (χ1) is 23.2. The van der Waals surface area contributed by atoms with Crippen LogP contribution in [0.4, 0.5) is 5.69 Å². The van der Waals surface area contributed by atoms with Gasteiger partial charge in [0.1, 0.15) is 16.2 Å². The number of carbonyl (C=O) groups is 2. The van der Waals surface area contributed by atoms with Crippen LogP contribution in [0.1, 0.15) is 48.8 Å². The number of aromatic nitrogens is 3. The Morgan fingerprint density at radius 1 is 1.00 bits per heavy atom. The summed E-state index contributed by atoms with van der Waals surface area (Å²) in [6, 6.07) is 14.5. The Morgan fingerprint density at radius 2 is 1.77 bits per heavy atom. The number of fused-ring (bicyclic) bond motifs is 1. The number of anilines is 1. The van der Waals surface area contributed by atoms with Gasteiger partial charge in [-0.3, -0.25) is 24.2 Å². The van der Waals surface area contributed by atoms with Crippen LogP contribution in [0.15, 0.2) is 59.9 Å². The van der Waals surface area contributed by atoms with Gasteiger partial charge >= 0.3 is 0 Å². The summed E-state index contributed by atoms with van der Waals surface area (Å²) in [6.07, 6.45) is 7.41. The number of hydrogen-bond donors (Lipinski definition) is 0. The fourth-order valence-electron chi connectivity index (χ4n) is 8.17. The van der Waals surface area contributed by atoms with Crippen molar-refractivity contribution in [3.05, 3.63) is 71.6 Å². The molecule has 0 radical (unpaired) electrons. The largest absolute Gasteiger partial charge is 0.338 e. The molecule has 2 amide bonds. The van der Waals surface area contributed by atoms with E-state index in [1.165, 1.54) is 5.57 Å². The first-order valence-corrected chi connectivity index (χ1v) is 18.8. The molecule has 5 aliphatic rings. The number of amides is 2. The highest BCUT2D eigenvalue weighted by atomic mass is 32.2. The second-order valence-electron chi connectivity index (χ2n) is 14.1. The van der Waals surface area contributed by atoms with Gasteiger partial charge in [-0.25, -0.2) is 13.4 Å². The maximum Gasteiger partial charge on any atom is 0.237 e. The van der Waals surface area contributed by atoms with Crippen LogP contribution in [-0.2, 0) is 33.0 Å². The third kappa shape index (κ3) is 5.78. The van der Waals surface area contributed by atoms with E-state index in [-0.39, 0.29) is 29.2 Å². The van der Waals surface area contributed by atoms with Crippen LogP contribution in [0.25, 0.3) is 17.0 Å². The third-order valence-electron chi connectivity index (χ3n) is 11.0. The van der Waals surface area contributed by atoms with Gasteiger partial charge in [0, 0.05) is 61.7 Å². The minimum Gasteiger partial charge on any atom is -0.338 e. The van der Waals surface area contributed by atoms with Crippen LogP contribution < -0.4 is 4.90 Å².